The lowest BCUT2D eigenvalue weighted by atomic mass is 10.2. The third-order valence-corrected chi connectivity index (χ3v) is 3.22. The number of nitrogens with zero attached hydrogens (tertiary/aromatic N) is 6. The third kappa shape index (κ3) is 3.37. The van der Waals surface area contributed by atoms with E-state index in [0.717, 1.165) is 12.1 Å². The summed E-state index contributed by atoms with van der Waals surface area (Å²) in [6.45, 7) is 3.80. The van der Waals surface area contributed by atoms with E-state index in [0.29, 0.717) is 22.9 Å². The summed E-state index contributed by atoms with van der Waals surface area (Å²) in [6.07, 6.45) is 2.25. The van der Waals surface area contributed by atoms with Crippen LogP contribution in [-0.2, 0) is 6.42 Å². The molecule has 1 aromatic carbocycles. The topological polar surface area (TPSA) is 98.5 Å². The Hall–Kier alpha value is -3.16. The summed E-state index contributed by atoms with van der Waals surface area (Å²) in [5, 5.41) is 13.8. The van der Waals surface area contributed by atoms with E-state index in [2.05, 4.69) is 30.8 Å². The molecule has 0 bridgehead atoms. The molecule has 0 radical (unpaired) electrons. The van der Waals surface area contributed by atoms with Gasteiger partial charge in [-0.15, -0.1) is 5.10 Å². The van der Waals surface area contributed by atoms with Crippen LogP contribution in [0.1, 0.15) is 28.8 Å². The van der Waals surface area contributed by atoms with Crippen LogP contribution in [-0.4, -0.2) is 36.1 Å². The Morgan fingerprint density at radius 2 is 2.13 bits per heavy atom. The number of hydrogen-bond acceptors (Lipinski definition) is 6. The van der Waals surface area contributed by atoms with Crippen LogP contribution in [0.15, 0.2) is 36.7 Å². The van der Waals surface area contributed by atoms with Crippen molar-refractivity contribution >= 4 is 11.7 Å². The van der Waals surface area contributed by atoms with Crippen molar-refractivity contribution in [2.75, 3.05) is 5.32 Å². The van der Waals surface area contributed by atoms with Crippen LogP contribution in [0.25, 0.3) is 5.69 Å². The largest absolute Gasteiger partial charge is 0.306 e. The van der Waals surface area contributed by atoms with E-state index in [9.17, 15) is 4.79 Å². The molecule has 0 spiro atoms. The molecular formula is C15H15N7O. The number of amides is 1. The monoisotopic (exact) mass is 309 g/mol. The first-order valence-electron chi connectivity index (χ1n) is 7.15. The summed E-state index contributed by atoms with van der Waals surface area (Å²) in [6, 6.07) is 8.79. The van der Waals surface area contributed by atoms with Crippen LogP contribution in [0.2, 0.25) is 0 Å². The van der Waals surface area contributed by atoms with E-state index >= 15 is 0 Å². The highest BCUT2D eigenvalue weighted by Gasteiger charge is 2.10. The van der Waals surface area contributed by atoms with Gasteiger partial charge in [0.25, 0.3) is 5.91 Å². The minimum absolute atomic E-state index is 0.250. The second-order valence-corrected chi connectivity index (χ2v) is 4.90. The minimum atomic E-state index is -0.250. The van der Waals surface area contributed by atoms with Crippen LogP contribution in [0, 0.1) is 6.92 Å². The molecule has 0 fully saturated rings. The first kappa shape index (κ1) is 14.8. The summed E-state index contributed by atoms with van der Waals surface area (Å²) in [5.41, 5.74) is 2.08. The zero-order valence-corrected chi connectivity index (χ0v) is 12.8. The van der Waals surface area contributed by atoms with Gasteiger partial charge in [-0.3, -0.25) is 4.79 Å². The molecule has 0 atom stereocenters. The van der Waals surface area contributed by atoms with E-state index in [4.69, 9.17) is 0 Å². The number of aromatic nitrogens is 6. The van der Waals surface area contributed by atoms with E-state index in [1.54, 1.807) is 31.2 Å². The third-order valence-electron chi connectivity index (χ3n) is 3.22. The van der Waals surface area contributed by atoms with Gasteiger partial charge in [0.05, 0.1) is 5.69 Å². The lowest BCUT2D eigenvalue weighted by molar-refractivity contribution is 0.102. The smallest absolute Gasteiger partial charge is 0.256 e. The predicted molar refractivity (Wildman–Crippen MR) is 83.3 cm³/mol. The fourth-order valence-electron chi connectivity index (χ4n) is 2.13. The van der Waals surface area contributed by atoms with Crippen molar-refractivity contribution in [1.29, 1.82) is 0 Å². The molecule has 0 saturated carbocycles. The first-order valence-corrected chi connectivity index (χ1v) is 7.15. The van der Waals surface area contributed by atoms with Gasteiger partial charge >= 0.3 is 0 Å². The molecule has 0 saturated heterocycles. The molecular weight excluding hydrogens is 294 g/mol. The maximum Gasteiger partial charge on any atom is 0.256 e. The normalized spacial score (nSPS) is 10.5. The molecule has 2 heterocycles. The van der Waals surface area contributed by atoms with Gasteiger partial charge in [-0.25, -0.2) is 14.6 Å². The molecule has 1 amide bonds. The van der Waals surface area contributed by atoms with Gasteiger partial charge in [-0.2, -0.15) is 0 Å². The quantitative estimate of drug-likeness (QED) is 0.785. The van der Waals surface area contributed by atoms with Crippen molar-refractivity contribution in [1.82, 2.24) is 30.2 Å². The van der Waals surface area contributed by atoms with E-state index in [-0.39, 0.29) is 5.91 Å². The van der Waals surface area contributed by atoms with Crippen LogP contribution in [0.3, 0.4) is 0 Å². The number of carbonyl (C=O) groups excluding carboxylic acids is 1. The maximum atomic E-state index is 12.4. The molecule has 0 aliphatic heterocycles. The van der Waals surface area contributed by atoms with Crippen LogP contribution >= 0.6 is 0 Å². The minimum Gasteiger partial charge on any atom is -0.306 e. The fraction of sp³-hybridized carbons (Fsp3) is 0.200. The molecule has 0 aliphatic rings. The summed E-state index contributed by atoms with van der Waals surface area (Å²) in [4.78, 5) is 20.9. The molecule has 23 heavy (non-hydrogen) atoms. The number of rotatable bonds is 4. The van der Waals surface area contributed by atoms with Crippen LogP contribution in [0.4, 0.5) is 5.82 Å². The Bertz CT molecular complexity index is 830. The highest BCUT2D eigenvalue weighted by Crippen LogP contribution is 2.12. The number of carbonyl (C=O) groups is 1. The average Bonchev–Trinajstić information content (AvgIpc) is 3.09. The van der Waals surface area contributed by atoms with Crippen molar-refractivity contribution in [3.8, 4) is 5.69 Å². The molecule has 116 valence electrons. The van der Waals surface area contributed by atoms with Crippen LogP contribution < -0.4 is 5.32 Å². The number of nitrogens with one attached hydrogen (secondary N) is 1. The zero-order valence-electron chi connectivity index (χ0n) is 12.8. The number of benzene rings is 1. The highest BCUT2D eigenvalue weighted by atomic mass is 16.1. The Kier molecular flexibility index (Phi) is 4.05. The number of aryl methyl sites for hydroxylation is 2. The first-order chi connectivity index (χ1) is 11.2. The number of tetrazole rings is 1. The predicted octanol–water partition coefficient (Wildman–Crippen LogP) is 1.58. The van der Waals surface area contributed by atoms with Gasteiger partial charge in [0.2, 0.25) is 0 Å². The maximum absolute atomic E-state index is 12.4. The molecule has 8 nitrogen and oxygen atoms in total. The van der Waals surface area contributed by atoms with Crippen molar-refractivity contribution in [3.05, 3.63) is 53.7 Å². The van der Waals surface area contributed by atoms with Gasteiger partial charge in [-0.1, -0.05) is 13.0 Å². The Morgan fingerprint density at radius 1 is 1.26 bits per heavy atom. The summed E-state index contributed by atoms with van der Waals surface area (Å²) in [5.74, 6) is 0.870. The standard InChI is InChI=1S/C15H15N7O/c1-3-12-8-14(18-10(2)17-12)19-15(23)11-5-4-6-13(7-11)22-9-16-20-21-22/h4-9H,3H2,1-2H3,(H,17,18,19,23). The van der Waals surface area contributed by atoms with Gasteiger partial charge in [0, 0.05) is 17.3 Å². The Balaban J connectivity index is 1.84. The lowest BCUT2D eigenvalue weighted by Gasteiger charge is -2.08. The molecule has 8 heteroatoms. The molecule has 1 N–H and O–H groups in total. The fourth-order valence-corrected chi connectivity index (χ4v) is 2.13. The lowest BCUT2D eigenvalue weighted by Crippen LogP contribution is -2.14. The molecule has 0 aliphatic carbocycles. The summed E-state index contributed by atoms with van der Waals surface area (Å²) < 4.78 is 1.49. The van der Waals surface area contributed by atoms with Gasteiger partial charge in [-0.05, 0) is 42.0 Å². The Labute approximate surface area is 132 Å². The van der Waals surface area contributed by atoms with Gasteiger partial charge < -0.3 is 5.32 Å². The van der Waals surface area contributed by atoms with E-state index in [1.165, 1.54) is 11.0 Å². The SMILES string of the molecule is CCc1cc(NC(=O)c2cccc(-n3cnnn3)c2)nc(C)n1. The van der Waals surface area contributed by atoms with Crippen LogP contribution in [0.5, 0.6) is 0 Å². The van der Waals surface area contributed by atoms with Crippen molar-refractivity contribution in [3.63, 3.8) is 0 Å². The van der Waals surface area contributed by atoms with Crippen molar-refractivity contribution < 1.29 is 4.79 Å². The number of hydrogen-bond donors (Lipinski definition) is 1. The summed E-state index contributed by atoms with van der Waals surface area (Å²) >= 11 is 0. The molecule has 0 unspecified atom stereocenters. The van der Waals surface area contributed by atoms with Gasteiger partial charge in [0.15, 0.2) is 0 Å². The number of anilines is 1. The van der Waals surface area contributed by atoms with E-state index in [1.807, 2.05) is 13.0 Å². The van der Waals surface area contributed by atoms with Crippen molar-refractivity contribution in [2.45, 2.75) is 20.3 Å². The second kappa shape index (κ2) is 6.30. The van der Waals surface area contributed by atoms with Crippen molar-refractivity contribution in [2.24, 2.45) is 0 Å². The molecule has 3 rings (SSSR count). The van der Waals surface area contributed by atoms with E-state index < -0.39 is 0 Å². The average molecular weight is 309 g/mol. The zero-order chi connectivity index (χ0) is 16.2. The highest BCUT2D eigenvalue weighted by molar-refractivity contribution is 6.04. The summed E-state index contributed by atoms with van der Waals surface area (Å²) in [7, 11) is 0. The Morgan fingerprint density at radius 3 is 2.87 bits per heavy atom. The molecule has 3 aromatic rings. The van der Waals surface area contributed by atoms with Gasteiger partial charge in [0.1, 0.15) is 18.0 Å². The second-order valence-electron chi connectivity index (χ2n) is 4.90. The molecule has 2 aromatic heterocycles.